The largest absolute Gasteiger partial charge is 0.383 e. The summed E-state index contributed by atoms with van der Waals surface area (Å²) in [5.74, 6) is 2.00. The van der Waals surface area contributed by atoms with E-state index in [0.717, 1.165) is 38.3 Å². The number of nitrogen functional groups attached to an aromatic ring is 1. The second-order valence-electron chi connectivity index (χ2n) is 9.10. The maximum absolute atomic E-state index is 11.4. The first kappa shape index (κ1) is 25.1. The molecule has 6 rings (SSSR count). The predicted molar refractivity (Wildman–Crippen MR) is 157 cm³/mol. The zero-order valence-corrected chi connectivity index (χ0v) is 22.5. The predicted octanol–water partition coefficient (Wildman–Crippen LogP) is 4.70. The van der Waals surface area contributed by atoms with E-state index < -0.39 is 0 Å². The van der Waals surface area contributed by atoms with Crippen LogP contribution in [0.3, 0.4) is 0 Å². The summed E-state index contributed by atoms with van der Waals surface area (Å²) in [6, 6.07) is 15.5. The average Bonchev–Trinajstić information content (AvgIpc) is 3.55. The molecule has 0 radical (unpaired) electrons. The van der Waals surface area contributed by atoms with Crippen molar-refractivity contribution in [3.05, 3.63) is 89.8 Å². The van der Waals surface area contributed by atoms with Crippen LogP contribution in [0.25, 0.3) is 26.9 Å². The zero-order valence-electron chi connectivity index (χ0n) is 21.6. The second kappa shape index (κ2) is 10.2. The van der Waals surface area contributed by atoms with Crippen molar-refractivity contribution in [2.75, 3.05) is 16.4 Å². The molecule has 0 aliphatic heterocycles. The third-order valence-corrected chi connectivity index (χ3v) is 7.30. The minimum Gasteiger partial charge on any atom is -0.383 e. The fourth-order valence-corrected chi connectivity index (χ4v) is 5.43. The van der Waals surface area contributed by atoms with Gasteiger partial charge in [0.2, 0.25) is 5.91 Å². The van der Waals surface area contributed by atoms with Gasteiger partial charge >= 0.3 is 0 Å². The number of hydrogen-bond acceptors (Lipinski definition) is 10. The van der Waals surface area contributed by atoms with Gasteiger partial charge in [-0.15, -0.1) is 0 Å². The van der Waals surface area contributed by atoms with E-state index >= 15 is 0 Å². The van der Waals surface area contributed by atoms with E-state index in [-0.39, 0.29) is 17.4 Å². The minimum absolute atomic E-state index is 0.166. The van der Waals surface area contributed by atoms with Crippen molar-refractivity contribution in [1.29, 1.82) is 5.41 Å². The summed E-state index contributed by atoms with van der Waals surface area (Å²) < 4.78 is 2.78. The molecule has 0 aliphatic carbocycles. The maximum atomic E-state index is 11.4. The summed E-state index contributed by atoms with van der Waals surface area (Å²) >= 11 is 1.34. The molecule has 0 fully saturated rings. The zero-order chi connectivity index (χ0) is 27.8. The van der Waals surface area contributed by atoms with Gasteiger partial charge in [0.15, 0.2) is 5.13 Å². The van der Waals surface area contributed by atoms with E-state index in [2.05, 4.69) is 36.6 Å². The molecular formula is C28H24N10OS. The SMILES string of the molecule is CC(=O)Nc1nc2ccc(C(=N)c3c(N)ncnc3NCc3cc4ccccc4nc3-n3ccnc3C)cc2s1. The van der Waals surface area contributed by atoms with Crippen molar-refractivity contribution in [3.63, 3.8) is 0 Å². The first-order valence-electron chi connectivity index (χ1n) is 12.4. The van der Waals surface area contributed by atoms with Gasteiger partial charge in [-0.1, -0.05) is 35.6 Å². The Bertz CT molecular complexity index is 1930. The van der Waals surface area contributed by atoms with Gasteiger partial charge in [0.05, 0.1) is 27.0 Å². The van der Waals surface area contributed by atoms with Gasteiger partial charge in [0.25, 0.3) is 0 Å². The van der Waals surface area contributed by atoms with Gasteiger partial charge in [-0.3, -0.25) is 14.8 Å². The summed E-state index contributed by atoms with van der Waals surface area (Å²) in [5.41, 5.74) is 10.00. The van der Waals surface area contributed by atoms with Gasteiger partial charge in [0, 0.05) is 42.4 Å². The smallest absolute Gasteiger partial charge is 0.223 e. The lowest BCUT2D eigenvalue weighted by Crippen LogP contribution is -2.15. The number of nitrogens with two attached hydrogens (primary N) is 1. The van der Waals surface area contributed by atoms with Gasteiger partial charge in [0.1, 0.15) is 29.6 Å². The number of para-hydroxylation sites is 1. The Hall–Kier alpha value is -5.23. The normalized spacial score (nSPS) is 11.2. The van der Waals surface area contributed by atoms with Crippen molar-refractivity contribution in [2.45, 2.75) is 20.4 Å². The molecule has 0 atom stereocenters. The summed E-state index contributed by atoms with van der Waals surface area (Å²) in [7, 11) is 0. The van der Waals surface area contributed by atoms with Gasteiger partial charge < -0.3 is 16.4 Å². The molecule has 0 spiro atoms. The summed E-state index contributed by atoms with van der Waals surface area (Å²) in [6.45, 7) is 3.74. The van der Waals surface area contributed by atoms with E-state index in [1.54, 1.807) is 12.3 Å². The summed E-state index contributed by atoms with van der Waals surface area (Å²) in [5, 5.41) is 16.6. The number of carbonyl (C=O) groups excluding carboxylic acids is 1. The monoisotopic (exact) mass is 548 g/mol. The standard InChI is InChI=1S/C28H24N10OS/c1-15-31-9-10-38(15)27-19(11-17-5-3-4-6-20(17)36-27)13-32-26-23(25(30)33-14-34-26)24(29)18-7-8-21-22(12-18)40-28(37-21)35-16(2)39/h3-12,14,29H,13H2,1-2H3,(H,35,37,39)(H3,30,32,33,34). The van der Waals surface area contributed by atoms with Gasteiger partial charge in [-0.2, -0.15) is 0 Å². The van der Waals surface area contributed by atoms with Gasteiger partial charge in [-0.25, -0.2) is 24.9 Å². The fraction of sp³-hybridized carbons (Fsp3) is 0.107. The first-order chi connectivity index (χ1) is 19.4. The van der Waals surface area contributed by atoms with Crippen LogP contribution in [0.5, 0.6) is 0 Å². The highest BCUT2D eigenvalue weighted by molar-refractivity contribution is 7.22. The third kappa shape index (κ3) is 4.71. The molecule has 198 valence electrons. The number of anilines is 3. The topological polar surface area (TPSA) is 160 Å². The van der Waals surface area contributed by atoms with E-state index in [9.17, 15) is 4.79 Å². The Morgan fingerprint density at radius 3 is 2.73 bits per heavy atom. The highest BCUT2D eigenvalue weighted by Gasteiger charge is 2.19. The molecule has 0 bridgehead atoms. The molecule has 0 saturated heterocycles. The van der Waals surface area contributed by atoms with Crippen molar-refractivity contribution < 1.29 is 4.79 Å². The maximum Gasteiger partial charge on any atom is 0.223 e. The molecular weight excluding hydrogens is 524 g/mol. The Morgan fingerprint density at radius 1 is 1.07 bits per heavy atom. The highest BCUT2D eigenvalue weighted by atomic mass is 32.1. The molecule has 11 nitrogen and oxygen atoms in total. The molecule has 5 N–H and O–H groups in total. The quantitative estimate of drug-likeness (QED) is 0.209. The molecule has 1 amide bonds. The van der Waals surface area contributed by atoms with Crippen molar-refractivity contribution in [2.24, 2.45) is 0 Å². The number of thiazole rings is 1. The number of imidazole rings is 1. The Balaban J connectivity index is 1.35. The van der Waals surface area contributed by atoms with Crippen LogP contribution in [0.1, 0.15) is 29.4 Å². The molecule has 0 saturated carbocycles. The van der Waals surface area contributed by atoms with Crippen LogP contribution in [-0.4, -0.2) is 41.1 Å². The number of hydrogen-bond donors (Lipinski definition) is 4. The number of nitrogens with one attached hydrogen (secondary N) is 3. The summed E-state index contributed by atoms with van der Waals surface area (Å²) in [6.07, 6.45) is 5.00. The number of amides is 1. The van der Waals surface area contributed by atoms with E-state index in [4.69, 9.17) is 16.1 Å². The van der Waals surface area contributed by atoms with Crippen LogP contribution in [-0.2, 0) is 11.3 Å². The van der Waals surface area contributed by atoms with E-state index in [0.29, 0.717) is 28.6 Å². The molecule has 6 aromatic rings. The number of rotatable bonds is 7. The number of benzene rings is 2. The van der Waals surface area contributed by atoms with Crippen LogP contribution >= 0.6 is 11.3 Å². The molecule has 12 heteroatoms. The van der Waals surface area contributed by atoms with Crippen LogP contribution in [0.2, 0.25) is 0 Å². The number of aryl methyl sites for hydroxylation is 1. The third-order valence-electron chi connectivity index (χ3n) is 6.37. The number of fused-ring (bicyclic) bond motifs is 2. The molecule has 4 heterocycles. The highest BCUT2D eigenvalue weighted by Crippen LogP contribution is 2.30. The fourth-order valence-electron chi connectivity index (χ4n) is 4.48. The number of carbonyl (C=O) groups is 1. The van der Waals surface area contributed by atoms with Crippen LogP contribution < -0.4 is 16.4 Å². The lowest BCUT2D eigenvalue weighted by atomic mass is 10.0. The minimum atomic E-state index is -0.190. The number of pyridine rings is 1. The Kier molecular flexibility index (Phi) is 6.36. The lowest BCUT2D eigenvalue weighted by Gasteiger charge is -2.16. The Labute approximate surface area is 232 Å². The van der Waals surface area contributed by atoms with Crippen LogP contribution in [0, 0.1) is 12.3 Å². The van der Waals surface area contributed by atoms with Crippen molar-refractivity contribution in [1.82, 2.24) is 29.5 Å². The number of aromatic nitrogens is 6. The lowest BCUT2D eigenvalue weighted by molar-refractivity contribution is -0.114. The summed E-state index contributed by atoms with van der Waals surface area (Å²) in [4.78, 5) is 33.7. The first-order valence-corrected chi connectivity index (χ1v) is 13.2. The van der Waals surface area contributed by atoms with Crippen LogP contribution in [0.4, 0.5) is 16.8 Å². The van der Waals surface area contributed by atoms with E-state index in [1.807, 2.05) is 54.1 Å². The van der Waals surface area contributed by atoms with E-state index in [1.165, 1.54) is 24.6 Å². The Morgan fingerprint density at radius 2 is 1.93 bits per heavy atom. The van der Waals surface area contributed by atoms with Crippen molar-refractivity contribution in [3.8, 4) is 5.82 Å². The molecule has 4 aromatic heterocycles. The average molecular weight is 549 g/mol. The van der Waals surface area contributed by atoms with Crippen LogP contribution in [0.15, 0.2) is 67.3 Å². The van der Waals surface area contributed by atoms with Gasteiger partial charge in [-0.05, 0) is 31.2 Å². The molecule has 40 heavy (non-hydrogen) atoms. The molecule has 0 aliphatic rings. The molecule has 2 aromatic carbocycles. The number of nitrogens with zero attached hydrogens (tertiary/aromatic N) is 6. The molecule has 0 unspecified atom stereocenters. The second-order valence-corrected chi connectivity index (χ2v) is 10.1. The van der Waals surface area contributed by atoms with Crippen molar-refractivity contribution >= 4 is 60.8 Å².